The number of para-hydroxylation sites is 1. The number of hydrogen-bond acceptors (Lipinski definition) is 4. The van der Waals surface area contributed by atoms with Gasteiger partial charge < -0.3 is 0 Å². The maximum Gasteiger partial charge on any atom is 0.263 e. The number of carbonyl (C=O) groups is 1. The molecule has 6 nitrogen and oxygen atoms in total. The Morgan fingerprint density at radius 3 is 2.30 bits per heavy atom. The number of carbonyl (C=O) groups excluding carboxylic acids is 1. The molecular weight excluding hydrogens is 412 g/mol. The number of nitrogens with one attached hydrogen (secondary N) is 1. The van der Waals surface area contributed by atoms with E-state index in [1.807, 2.05) is 60.7 Å². The minimum Gasteiger partial charge on any atom is -0.280 e. The van der Waals surface area contributed by atoms with Crippen LogP contribution in [0.2, 0.25) is 0 Å². The molecule has 0 saturated heterocycles. The van der Waals surface area contributed by atoms with Gasteiger partial charge in [-0.15, -0.1) is 0 Å². The van der Waals surface area contributed by atoms with E-state index < -0.39 is 11.9 Å². The minimum absolute atomic E-state index is 0.268. The van der Waals surface area contributed by atoms with Crippen molar-refractivity contribution in [1.29, 1.82) is 0 Å². The lowest BCUT2D eigenvalue weighted by molar-refractivity contribution is -0.123. The van der Waals surface area contributed by atoms with Gasteiger partial charge >= 0.3 is 0 Å². The molecule has 33 heavy (non-hydrogen) atoms. The summed E-state index contributed by atoms with van der Waals surface area (Å²) in [6.07, 6.45) is 1.59. The number of nitrogens with zero attached hydrogens (tertiary/aromatic N) is 3. The highest BCUT2D eigenvalue weighted by molar-refractivity contribution is 5.85. The van der Waals surface area contributed by atoms with Crippen molar-refractivity contribution in [2.75, 3.05) is 0 Å². The number of aromatic nitrogens is 2. The number of amides is 1. The van der Waals surface area contributed by atoms with Crippen LogP contribution >= 0.6 is 0 Å². The molecule has 0 fully saturated rings. The number of hydrogen-bond donors (Lipinski definition) is 1. The van der Waals surface area contributed by atoms with E-state index in [0.717, 1.165) is 11.1 Å². The Morgan fingerprint density at radius 2 is 1.61 bits per heavy atom. The smallest absolute Gasteiger partial charge is 0.263 e. The van der Waals surface area contributed by atoms with E-state index in [0.29, 0.717) is 22.6 Å². The van der Waals surface area contributed by atoms with Crippen molar-refractivity contribution in [1.82, 2.24) is 15.0 Å². The summed E-state index contributed by atoms with van der Waals surface area (Å²) in [5.41, 5.74) is 5.76. The Kier molecular flexibility index (Phi) is 6.45. The summed E-state index contributed by atoms with van der Waals surface area (Å²) in [7, 11) is 0. The van der Waals surface area contributed by atoms with E-state index in [-0.39, 0.29) is 5.56 Å². The lowest BCUT2D eigenvalue weighted by Gasteiger charge is -2.18. The fraction of sp³-hybridized carbons (Fsp3) is 0.185. The van der Waals surface area contributed by atoms with E-state index in [1.165, 1.54) is 10.1 Å². The maximum absolute atomic E-state index is 13.4. The third-order valence-corrected chi connectivity index (χ3v) is 5.60. The van der Waals surface area contributed by atoms with Gasteiger partial charge in [-0.05, 0) is 36.1 Å². The van der Waals surface area contributed by atoms with Crippen LogP contribution in [0.15, 0.2) is 88.8 Å². The van der Waals surface area contributed by atoms with Gasteiger partial charge in [0.25, 0.3) is 11.5 Å². The summed E-state index contributed by atoms with van der Waals surface area (Å²) >= 11 is 0. The van der Waals surface area contributed by atoms with Gasteiger partial charge in [-0.25, -0.2) is 10.4 Å². The molecule has 6 heteroatoms. The van der Waals surface area contributed by atoms with Gasteiger partial charge in [-0.1, -0.05) is 80.6 Å². The monoisotopic (exact) mass is 438 g/mol. The lowest BCUT2D eigenvalue weighted by Crippen LogP contribution is -2.35. The van der Waals surface area contributed by atoms with E-state index >= 15 is 0 Å². The number of hydrazone groups is 1. The minimum atomic E-state index is -0.815. The van der Waals surface area contributed by atoms with Gasteiger partial charge in [0.15, 0.2) is 0 Å². The van der Waals surface area contributed by atoms with Crippen LogP contribution in [0.4, 0.5) is 0 Å². The van der Waals surface area contributed by atoms with Gasteiger partial charge in [0.05, 0.1) is 17.1 Å². The summed E-state index contributed by atoms with van der Waals surface area (Å²) in [4.78, 5) is 31.0. The van der Waals surface area contributed by atoms with Crippen molar-refractivity contribution in [3.8, 4) is 11.4 Å². The fourth-order valence-electron chi connectivity index (χ4n) is 3.64. The molecule has 1 atom stereocenters. The molecule has 0 radical (unpaired) electrons. The first-order valence-electron chi connectivity index (χ1n) is 11.0. The second-order valence-corrected chi connectivity index (χ2v) is 8.23. The molecule has 0 aliphatic heterocycles. The first-order valence-corrected chi connectivity index (χ1v) is 11.0. The van der Waals surface area contributed by atoms with Crippen LogP contribution in [-0.2, 0) is 4.79 Å². The van der Waals surface area contributed by atoms with Crippen LogP contribution < -0.4 is 11.0 Å². The zero-order chi connectivity index (χ0) is 23.4. The molecule has 0 bridgehead atoms. The molecule has 1 aromatic heterocycles. The van der Waals surface area contributed by atoms with Crippen LogP contribution in [0.5, 0.6) is 0 Å². The summed E-state index contributed by atoms with van der Waals surface area (Å²) in [6.45, 7) is 5.95. The topological polar surface area (TPSA) is 76.3 Å². The van der Waals surface area contributed by atoms with Crippen LogP contribution in [0, 0.1) is 0 Å². The number of fused-ring (bicyclic) bond motifs is 1. The van der Waals surface area contributed by atoms with Crippen molar-refractivity contribution in [2.45, 2.75) is 32.7 Å². The second kappa shape index (κ2) is 9.61. The Morgan fingerprint density at radius 1 is 0.939 bits per heavy atom. The summed E-state index contributed by atoms with van der Waals surface area (Å²) < 4.78 is 1.43. The van der Waals surface area contributed by atoms with Crippen molar-refractivity contribution < 1.29 is 4.79 Å². The Labute approximate surface area is 192 Å². The number of rotatable bonds is 6. The molecule has 1 amide bonds. The number of benzene rings is 3. The molecule has 1 N–H and O–H groups in total. The molecule has 0 aliphatic carbocycles. The van der Waals surface area contributed by atoms with Crippen LogP contribution in [0.1, 0.15) is 43.9 Å². The molecule has 1 unspecified atom stereocenters. The first kappa shape index (κ1) is 22.1. The molecule has 3 aromatic carbocycles. The molecule has 4 aromatic rings. The third-order valence-electron chi connectivity index (χ3n) is 5.60. The molecular formula is C27H26N4O2. The summed E-state index contributed by atoms with van der Waals surface area (Å²) in [5.74, 6) is 0.487. The fourth-order valence-corrected chi connectivity index (χ4v) is 3.64. The molecule has 166 valence electrons. The Bertz CT molecular complexity index is 1360. The molecule has 4 rings (SSSR count). The van der Waals surface area contributed by atoms with E-state index in [4.69, 9.17) is 4.98 Å². The maximum atomic E-state index is 13.4. The van der Waals surface area contributed by atoms with Crippen LogP contribution in [0.25, 0.3) is 22.3 Å². The normalized spacial score (nSPS) is 12.4. The standard InChI is InChI=1S/C27H26N4O2/c1-18(2)21-15-13-20(14-16-21)17-28-30-26(32)19(3)31-25(22-9-5-4-6-10-22)29-24-12-8-7-11-23(24)27(31)33/h4-19H,1-3H3,(H,30,32)/b28-17+. The highest BCUT2D eigenvalue weighted by Gasteiger charge is 2.22. The van der Waals surface area contributed by atoms with Gasteiger partial charge in [0, 0.05) is 5.56 Å². The molecule has 0 saturated carbocycles. The van der Waals surface area contributed by atoms with Gasteiger partial charge in [-0.2, -0.15) is 5.10 Å². The predicted octanol–water partition coefficient (Wildman–Crippen LogP) is 4.90. The summed E-state index contributed by atoms with van der Waals surface area (Å²) in [6, 6.07) is 23.7. The van der Waals surface area contributed by atoms with Crippen LogP contribution in [-0.4, -0.2) is 21.7 Å². The zero-order valence-corrected chi connectivity index (χ0v) is 18.9. The lowest BCUT2D eigenvalue weighted by atomic mass is 10.0. The Balaban J connectivity index is 1.64. The van der Waals surface area contributed by atoms with Gasteiger partial charge in [0.1, 0.15) is 11.9 Å². The zero-order valence-electron chi connectivity index (χ0n) is 18.9. The summed E-state index contributed by atoms with van der Waals surface area (Å²) in [5, 5.41) is 4.56. The van der Waals surface area contributed by atoms with E-state index in [1.54, 1.807) is 31.3 Å². The Hall–Kier alpha value is -4.06. The van der Waals surface area contributed by atoms with Crippen molar-refractivity contribution >= 4 is 23.0 Å². The molecule has 0 aliphatic rings. The SMILES string of the molecule is CC(C)c1ccc(/C=N/NC(=O)C(C)n2c(-c3ccccc3)nc3ccccc3c2=O)cc1. The quantitative estimate of drug-likeness (QED) is 0.344. The molecule has 0 spiro atoms. The van der Waals surface area contributed by atoms with Crippen molar-refractivity contribution in [3.63, 3.8) is 0 Å². The average Bonchev–Trinajstić information content (AvgIpc) is 2.84. The van der Waals surface area contributed by atoms with E-state index in [9.17, 15) is 9.59 Å². The van der Waals surface area contributed by atoms with E-state index in [2.05, 4.69) is 24.4 Å². The average molecular weight is 439 g/mol. The van der Waals surface area contributed by atoms with Crippen LogP contribution in [0.3, 0.4) is 0 Å². The van der Waals surface area contributed by atoms with Crippen molar-refractivity contribution in [3.05, 3.63) is 100 Å². The van der Waals surface area contributed by atoms with Crippen molar-refractivity contribution in [2.24, 2.45) is 5.10 Å². The van der Waals surface area contributed by atoms with Gasteiger partial charge in [-0.3, -0.25) is 14.2 Å². The predicted molar refractivity (Wildman–Crippen MR) is 132 cm³/mol. The third kappa shape index (κ3) is 4.75. The van der Waals surface area contributed by atoms with Gasteiger partial charge in [0.2, 0.25) is 0 Å². The largest absolute Gasteiger partial charge is 0.280 e. The highest BCUT2D eigenvalue weighted by Crippen LogP contribution is 2.22. The highest BCUT2D eigenvalue weighted by atomic mass is 16.2. The molecule has 1 heterocycles. The second-order valence-electron chi connectivity index (χ2n) is 8.23. The first-order chi connectivity index (χ1) is 16.0.